The van der Waals surface area contributed by atoms with E-state index in [9.17, 15) is 22.0 Å². The molecule has 32 heavy (non-hydrogen) atoms. The van der Waals surface area contributed by atoms with Crippen molar-refractivity contribution in [3.63, 3.8) is 0 Å². The zero-order valence-corrected chi connectivity index (χ0v) is 19.7. The standard InChI is InChI=1S/C22H21BrF2N2O4S/c1-13-8-19(31-12-16-6-7-17(24)10-18(16)25)20(23)22(28)27(13)11-14-4-3-5-15(9-14)21(26)32(2,29)30/h3-10,21H,11-12,26H2,1-2H3. The highest BCUT2D eigenvalue weighted by Gasteiger charge is 2.19. The second kappa shape index (κ2) is 9.51. The molecule has 1 atom stereocenters. The average Bonchev–Trinajstić information content (AvgIpc) is 2.73. The third-order valence-corrected chi connectivity index (χ3v) is 6.82. The van der Waals surface area contributed by atoms with Gasteiger partial charge in [-0.25, -0.2) is 17.2 Å². The molecule has 0 radical (unpaired) electrons. The zero-order chi connectivity index (χ0) is 23.6. The van der Waals surface area contributed by atoms with E-state index in [2.05, 4.69) is 15.9 Å². The molecule has 0 fully saturated rings. The van der Waals surface area contributed by atoms with Gasteiger partial charge in [0.1, 0.15) is 33.8 Å². The number of ether oxygens (including phenoxy) is 1. The number of hydrogen-bond acceptors (Lipinski definition) is 5. The van der Waals surface area contributed by atoms with Crippen molar-refractivity contribution in [3.8, 4) is 5.75 Å². The van der Waals surface area contributed by atoms with Crippen LogP contribution < -0.4 is 16.0 Å². The number of benzene rings is 2. The van der Waals surface area contributed by atoms with Crippen LogP contribution in [0, 0.1) is 18.6 Å². The van der Waals surface area contributed by atoms with Crippen LogP contribution in [0.2, 0.25) is 0 Å². The SMILES string of the molecule is Cc1cc(OCc2ccc(F)cc2F)c(Br)c(=O)n1Cc1cccc(C(N)S(C)(=O)=O)c1. The largest absolute Gasteiger partial charge is 0.487 e. The Morgan fingerprint density at radius 1 is 1.16 bits per heavy atom. The summed E-state index contributed by atoms with van der Waals surface area (Å²) in [6.45, 7) is 1.71. The fourth-order valence-corrected chi connectivity index (χ4v) is 4.19. The van der Waals surface area contributed by atoms with Crippen molar-refractivity contribution in [1.29, 1.82) is 0 Å². The Morgan fingerprint density at radius 3 is 2.53 bits per heavy atom. The first-order chi connectivity index (χ1) is 15.0. The molecule has 0 bridgehead atoms. The number of halogens is 3. The predicted molar refractivity (Wildman–Crippen MR) is 121 cm³/mol. The van der Waals surface area contributed by atoms with Crippen LogP contribution in [0.3, 0.4) is 0 Å². The summed E-state index contributed by atoms with van der Waals surface area (Å²) in [5.74, 6) is -1.20. The summed E-state index contributed by atoms with van der Waals surface area (Å²) in [6, 6.07) is 11.5. The Morgan fingerprint density at radius 2 is 1.88 bits per heavy atom. The molecule has 0 spiro atoms. The van der Waals surface area contributed by atoms with Crippen molar-refractivity contribution >= 4 is 25.8 Å². The smallest absolute Gasteiger partial charge is 0.269 e. The summed E-state index contributed by atoms with van der Waals surface area (Å²) in [7, 11) is -3.47. The van der Waals surface area contributed by atoms with Gasteiger partial charge in [0.15, 0.2) is 9.84 Å². The second-order valence-corrected chi connectivity index (χ2v) is 10.3. The first kappa shape index (κ1) is 24.1. The number of rotatable bonds is 7. The molecule has 0 aliphatic rings. The van der Waals surface area contributed by atoms with E-state index in [-0.39, 0.29) is 34.5 Å². The van der Waals surface area contributed by atoms with Crippen LogP contribution in [0.1, 0.15) is 27.8 Å². The molecular weight excluding hydrogens is 506 g/mol. The van der Waals surface area contributed by atoms with Crippen LogP contribution in [-0.2, 0) is 23.0 Å². The molecule has 3 rings (SSSR count). The van der Waals surface area contributed by atoms with Crippen LogP contribution in [-0.4, -0.2) is 19.2 Å². The summed E-state index contributed by atoms with van der Waals surface area (Å²) in [5, 5.41) is -1.16. The van der Waals surface area contributed by atoms with Gasteiger partial charge in [0.2, 0.25) is 0 Å². The van der Waals surface area contributed by atoms with E-state index in [4.69, 9.17) is 10.5 Å². The molecule has 0 saturated heterocycles. The summed E-state index contributed by atoms with van der Waals surface area (Å²) >= 11 is 3.23. The molecule has 0 aliphatic heterocycles. The van der Waals surface area contributed by atoms with Gasteiger partial charge < -0.3 is 15.0 Å². The van der Waals surface area contributed by atoms with Gasteiger partial charge in [-0.05, 0) is 46.1 Å². The van der Waals surface area contributed by atoms with Crippen molar-refractivity contribution in [1.82, 2.24) is 4.57 Å². The lowest BCUT2D eigenvalue weighted by atomic mass is 10.1. The predicted octanol–water partition coefficient (Wildman–Crippen LogP) is 3.83. The second-order valence-electron chi connectivity index (χ2n) is 7.37. The molecule has 10 heteroatoms. The van der Waals surface area contributed by atoms with Crippen LogP contribution in [0.5, 0.6) is 5.75 Å². The van der Waals surface area contributed by atoms with Crippen LogP contribution in [0.15, 0.2) is 57.8 Å². The van der Waals surface area contributed by atoms with E-state index >= 15 is 0 Å². The van der Waals surface area contributed by atoms with Crippen LogP contribution >= 0.6 is 15.9 Å². The van der Waals surface area contributed by atoms with Crippen molar-refractivity contribution < 1.29 is 21.9 Å². The highest BCUT2D eigenvalue weighted by molar-refractivity contribution is 9.10. The van der Waals surface area contributed by atoms with Crippen molar-refractivity contribution in [3.05, 3.63) is 97.4 Å². The minimum atomic E-state index is -3.47. The molecule has 1 aromatic heterocycles. The molecule has 0 aliphatic carbocycles. The Hall–Kier alpha value is -2.56. The van der Waals surface area contributed by atoms with E-state index < -0.39 is 26.8 Å². The van der Waals surface area contributed by atoms with Gasteiger partial charge in [-0.1, -0.05) is 24.3 Å². The Labute approximate surface area is 192 Å². The van der Waals surface area contributed by atoms with Gasteiger partial charge in [-0.2, -0.15) is 0 Å². The number of nitrogens with two attached hydrogens (primary N) is 1. The van der Waals surface area contributed by atoms with Gasteiger partial charge >= 0.3 is 0 Å². The van der Waals surface area contributed by atoms with E-state index in [1.54, 1.807) is 37.3 Å². The molecule has 1 heterocycles. The minimum absolute atomic E-state index is 0.148. The zero-order valence-electron chi connectivity index (χ0n) is 17.3. The van der Waals surface area contributed by atoms with Gasteiger partial charge in [-0.15, -0.1) is 0 Å². The average molecular weight is 527 g/mol. The van der Waals surface area contributed by atoms with Crippen molar-refractivity contribution in [2.24, 2.45) is 5.73 Å². The lowest BCUT2D eigenvalue weighted by Crippen LogP contribution is -2.25. The van der Waals surface area contributed by atoms with E-state index in [0.29, 0.717) is 16.8 Å². The normalized spacial score (nSPS) is 12.6. The maximum absolute atomic E-state index is 13.8. The van der Waals surface area contributed by atoms with Gasteiger partial charge in [0.25, 0.3) is 5.56 Å². The minimum Gasteiger partial charge on any atom is -0.487 e. The Bertz CT molecular complexity index is 1330. The number of aryl methyl sites for hydroxylation is 1. The monoisotopic (exact) mass is 526 g/mol. The maximum atomic E-state index is 13.8. The van der Waals surface area contributed by atoms with Gasteiger partial charge in [-0.3, -0.25) is 4.79 Å². The van der Waals surface area contributed by atoms with Gasteiger partial charge in [0.05, 0.1) is 6.54 Å². The Balaban J connectivity index is 1.85. The van der Waals surface area contributed by atoms with E-state index in [0.717, 1.165) is 18.4 Å². The molecule has 1 unspecified atom stereocenters. The van der Waals surface area contributed by atoms with Crippen LogP contribution in [0.25, 0.3) is 0 Å². The topological polar surface area (TPSA) is 91.4 Å². The fourth-order valence-electron chi connectivity index (χ4n) is 3.11. The van der Waals surface area contributed by atoms with E-state index in [1.165, 1.54) is 10.6 Å². The quantitative estimate of drug-likeness (QED) is 0.505. The summed E-state index contributed by atoms with van der Waals surface area (Å²) in [6.07, 6.45) is 1.06. The van der Waals surface area contributed by atoms with Crippen LogP contribution in [0.4, 0.5) is 8.78 Å². The van der Waals surface area contributed by atoms with E-state index in [1.807, 2.05) is 0 Å². The summed E-state index contributed by atoms with van der Waals surface area (Å²) < 4.78 is 57.6. The fraction of sp³-hybridized carbons (Fsp3) is 0.227. The highest BCUT2D eigenvalue weighted by Crippen LogP contribution is 2.25. The summed E-state index contributed by atoms with van der Waals surface area (Å²) in [4.78, 5) is 12.9. The van der Waals surface area contributed by atoms with Gasteiger partial charge in [0, 0.05) is 29.6 Å². The Kier molecular flexibility index (Phi) is 7.16. The highest BCUT2D eigenvalue weighted by atomic mass is 79.9. The number of aromatic nitrogens is 1. The molecule has 0 saturated carbocycles. The number of sulfone groups is 1. The molecule has 3 aromatic rings. The lowest BCUT2D eigenvalue weighted by molar-refractivity contribution is 0.296. The molecule has 2 N–H and O–H groups in total. The lowest BCUT2D eigenvalue weighted by Gasteiger charge is -2.16. The first-order valence-electron chi connectivity index (χ1n) is 9.47. The third-order valence-electron chi connectivity index (χ3n) is 4.89. The summed E-state index contributed by atoms with van der Waals surface area (Å²) in [5.41, 5.74) is 7.28. The first-order valence-corrected chi connectivity index (χ1v) is 12.2. The van der Waals surface area contributed by atoms with Crippen molar-refractivity contribution in [2.45, 2.75) is 25.4 Å². The number of nitrogens with zero attached hydrogens (tertiary/aromatic N) is 1. The van der Waals surface area contributed by atoms with Crippen molar-refractivity contribution in [2.75, 3.05) is 6.26 Å². The third kappa shape index (κ3) is 5.43. The maximum Gasteiger partial charge on any atom is 0.269 e. The number of hydrogen-bond donors (Lipinski definition) is 1. The number of pyridine rings is 1. The molecule has 6 nitrogen and oxygen atoms in total. The molecule has 0 amide bonds. The molecule has 170 valence electrons. The molecule has 2 aromatic carbocycles. The molecular formula is C22H21BrF2N2O4S.